The number of nitrogens with zero attached hydrogens (tertiary/aromatic N) is 1. The molecule has 0 bridgehead atoms. The van der Waals surface area contributed by atoms with Crippen LogP contribution in [0, 0.1) is 18.6 Å². The summed E-state index contributed by atoms with van der Waals surface area (Å²) in [6, 6.07) is 14.4. The van der Waals surface area contributed by atoms with Crippen molar-refractivity contribution in [2.24, 2.45) is 0 Å². The van der Waals surface area contributed by atoms with E-state index in [4.69, 9.17) is 0 Å². The number of benzene rings is 2. The molecule has 0 fully saturated rings. The molecule has 132 valence electrons. The Balaban J connectivity index is 1.70. The van der Waals surface area contributed by atoms with Crippen molar-refractivity contribution in [1.82, 2.24) is 10.3 Å². The van der Waals surface area contributed by atoms with E-state index in [9.17, 15) is 13.6 Å². The monoisotopic (exact) mass is 353 g/mol. The van der Waals surface area contributed by atoms with Gasteiger partial charge in [-0.25, -0.2) is 13.8 Å². The third-order valence-corrected chi connectivity index (χ3v) is 3.81. The SMILES string of the molecule is Cc1ccc(CNC(=O)c2ccnc(Nc3c(F)cccc3F)c2)cc1. The predicted molar refractivity (Wildman–Crippen MR) is 96.2 cm³/mol. The van der Waals surface area contributed by atoms with Crippen LogP contribution in [0.3, 0.4) is 0 Å². The minimum Gasteiger partial charge on any atom is -0.348 e. The number of halogens is 2. The van der Waals surface area contributed by atoms with Gasteiger partial charge in [-0.15, -0.1) is 0 Å². The highest BCUT2D eigenvalue weighted by Gasteiger charge is 2.11. The fourth-order valence-corrected chi connectivity index (χ4v) is 2.38. The maximum Gasteiger partial charge on any atom is 0.251 e. The predicted octanol–water partition coefficient (Wildman–Crippen LogP) is 4.34. The lowest BCUT2D eigenvalue weighted by Crippen LogP contribution is -2.22. The molecule has 1 amide bonds. The molecule has 0 spiro atoms. The van der Waals surface area contributed by atoms with Gasteiger partial charge in [0.05, 0.1) is 0 Å². The number of nitrogens with one attached hydrogen (secondary N) is 2. The van der Waals surface area contributed by atoms with E-state index in [-0.39, 0.29) is 17.4 Å². The zero-order chi connectivity index (χ0) is 18.5. The number of aryl methyl sites for hydroxylation is 1. The molecule has 0 aliphatic rings. The molecule has 26 heavy (non-hydrogen) atoms. The van der Waals surface area contributed by atoms with Crippen LogP contribution >= 0.6 is 0 Å². The van der Waals surface area contributed by atoms with Crippen LogP contribution in [0.2, 0.25) is 0 Å². The summed E-state index contributed by atoms with van der Waals surface area (Å²) in [5.41, 5.74) is 2.15. The summed E-state index contributed by atoms with van der Waals surface area (Å²) in [5.74, 6) is -1.59. The van der Waals surface area contributed by atoms with Gasteiger partial charge >= 0.3 is 0 Å². The highest BCUT2D eigenvalue weighted by atomic mass is 19.1. The average molecular weight is 353 g/mol. The Labute approximate surface area is 149 Å². The van der Waals surface area contributed by atoms with E-state index in [0.29, 0.717) is 12.1 Å². The van der Waals surface area contributed by atoms with Crippen LogP contribution in [0.25, 0.3) is 0 Å². The van der Waals surface area contributed by atoms with Crippen LogP contribution in [0.4, 0.5) is 20.3 Å². The lowest BCUT2D eigenvalue weighted by Gasteiger charge is -2.10. The number of hydrogen-bond donors (Lipinski definition) is 2. The van der Waals surface area contributed by atoms with Gasteiger partial charge in [0.25, 0.3) is 5.91 Å². The molecule has 0 saturated carbocycles. The largest absolute Gasteiger partial charge is 0.348 e. The fourth-order valence-electron chi connectivity index (χ4n) is 2.38. The second-order valence-corrected chi connectivity index (χ2v) is 5.82. The summed E-state index contributed by atoms with van der Waals surface area (Å²) in [5, 5.41) is 5.38. The smallest absolute Gasteiger partial charge is 0.251 e. The maximum absolute atomic E-state index is 13.7. The Kier molecular flexibility index (Phi) is 5.22. The standard InChI is InChI=1S/C20H17F2N3O/c1-13-5-7-14(8-6-13)12-24-20(26)15-9-10-23-18(11-15)25-19-16(21)3-2-4-17(19)22/h2-11H,12H2,1H3,(H,23,25)(H,24,26). The number of para-hydroxylation sites is 1. The third kappa shape index (κ3) is 4.22. The fraction of sp³-hybridized carbons (Fsp3) is 0.100. The zero-order valence-corrected chi connectivity index (χ0v) is 14.1. The number of carbonyl (C=O) groups excluding carboxylic acids is 1. The first-order valence-electron chi connectivity index (χ1n) is 8.04. The number of pyridine rings is 1. The first-order valence-corrected chi connectivity index (χ1v) is 8.04. The van der Waals surface area contributed by atoms with Crippen molar-refractivity contribution in [3.8, 4) is 0 Å². The molecule has 0 unspecified atom stereocenters. The van der Waals surface area contributed by atoms with Gasteiger partial charge in [0.1, 0.15) is 23.1 Å². The third-order valence-electron chi connectivity index (χ3n) is 3.81. The summed E-state index contributed by atoms with van der Waals surface area (Å²) in [6.07, 6.45) is 1.40. The topological polar surface area (TPSA) is 54.0 Å². The molecule has 3 rings (SSSR count). The molecular weight excluding hydrogens is 336 g/mol. The van der Waals surface area contributed by atoms with Gasteiger partial charge in [0.2, 0.25) is 0 Å². The molecule has 0 saturated heterocycles. The number of anilines is 2. The molecule has 2 N–H and O–H groups in total. The summed E-state index contributed by atoms with van der Waals surface area (Å²) in [4.78, 5) is 16.3. The Morgan fingerprint density at radius 3 is 2.42 bits per heavy atom. The quantitative estimate of drug-likeness (QED) is 0.717. The van der Waals surface area contributed by atoms with E-state index < -0.39 is 11.6 Å². The summed E-state index contributed by atoms with van der Waals surface area (Å²) in [6.45, 7) is 2.37. The van der Waals surface area contributed by atoms with Crippen molar-refractivity contribution >= 4 is 17.4 Å². The Bertz CT molecular complexity index is 906. The molecule has 1 aromatic heterocycles. The van der Waals surface area contributed by atoms with Gasteiger partial charge in [-0.05, 0) is 36.8 Å². The van der Waals surface area contributed by atoms with Crippen LogP contribution in [0.5, 0.6) is 0 Å². The molecule has 6 heteroatoms. The van der Waals surface area contributed by atoms with E-state index in [2.05, 4.69) is 15.6 Å². The van der Waals surface area contributed by atoms with Crippen molar-refractivity contribution in [2.75, 3.05) is 5.32 Å². The second-order valence-electron chi connectivity index (χ2n) is 5.82. The lowest BCUT2D eigenvalue weighted by atomic mass is 10.1. The van der Waals surface area contributed by atoms with E-state index in [1.165, 1.54) is 24.4 Å². The number of carbonyl (C=O) groups is 1. The number of amides is 1. The maximum atomic E-state index is 13.7. The van der Waals surface area contributed by atoms with E-state index in [1.807, 2.05) is 31.2 Å². The minimum absolute atomic E-state index is 0.178. The normalized spacial score (nSPS) is 10.4. The van der Waals surface area contributed by atoms with Crippen molar-refractivity contribution in [3.05, 3.63) is 89.1 Å². The molecule has 0 aliphatic carbocycles. The molecule has 0 radical (unpaired) electrons. The van der Waals surface area contributed by atoms with Gasteiger partial charge in [-0.2, -0.15) is 0 Å². The van der Waals surface area contributed by atoms with Crippen molar-refractivity contribution in [3.63, 3.8) is 0 Å². The first kappa shape index (κ1) is 17.5. The highest BCUT2D eigenvalue weighted by molar-refractivity contribution is 5.94. The number of rotatable bonds is 5. The van der Waals surface area contributed by atoms with Gasteiger partial charge < -0.3 is 10.6 Å². The average Bonchev–Trinajstić information content (AvgIpc) is 2.64. The van der Waals surface area contributed by atoms with Gasteiger partial charge in [-0.3, -0.25) is 4.79 Å². The van der Waals surface area contributed by atoms with Crippen LogP contribution in [0.1, 0.15) is 21.5 Å². The molecule has 2 aromatic carbocycles. The number of hydrogen-bond acceptors (Lipinski definition) is 3. The van der Waals surface area contributed by atoms with Gasteiger partial charge in [-0.1, -0.05) is 35.9 Å². The van der Waals surface area contributed by atoms with Crippen molar-refractivity contribution < 1.29 is 13.6 Å². The van der Waals surface area contributed by atoms with Crippen molar-refractivity contribution in [2.45, 2.75) is 13.5 Å². The van der Waals surface area contributed by atoms with Crippen LogP contribution < -0.4 is 10.6 Å². The summed E-state index contributed by atoms with van der Waals surface area (Å²) >= 11 is 0. The molecule has 1 heterocycles. The van der Waals surface area contributed by atoms with E-state index in [0.717, 1.165) is 23.3 Å². The van der Waals surface area contributed by atoms with Gasteiger partial charge in [0, 0.05) is 18.3 Å². The Morgan fingerprint density at radius 2 is 1.73 bits per heavy atom. The molecule has 3 aromatic rings. The van der Waals surface area contributed by atoms with Crippen molar-refractivity contribution in [1.29, 1.82) is 0 Å². The molecular formula is C20H17F2N3O. The summed E-state index contributed by atoms with van der Waals surface area (Å²) in [7, 11) is 0. The van der Waals surface area contributed by atoms with Crippen LogP contribution in [0.15, 0.2) is 60.8 Å². The van der Waals surface area contributed by atoms with E-state index >= 15 is 0 Å². The van der Waals surface area contributed by atoms with Gasteiger partial charge in [0.15, 0.2) is 0 Å². The molecule has 4 nitrogen and oxygen atoms in total. The Morgan fingerprint density at radius 1 is 1.04 bits per heavy atom. The number of aromatic nitrogens is 1. The second kappa shape index (κ2) is 7.74. The van der Waals surface area contributed by atoms with Crippen LogP contribution in [-0.4, -0.2) is 10.9 Å². The molecule has 0 atom stereocenters. The zero-order valence-electron chi connectivity index (χ0n) is 14.1. The molecule has 0 aliphatic heterocycles. The Hall–Kier alpha value is -3.28. The lowest BCUT2D eigenvalue weighted by molar-refractivity contribution is 0.0951. The van der Waals surface area contributed by atoms with E-state index in [1.54, 1.807) is 0 Å². The minimum atomic E-state index is -0.735. The summed E-state index contributed by atoms with van der Waals surface area (Å²) < 4.78 is 27.4. The first-order chi connectivity index (χ1) is 12.5. The van der Waals surface area contributed by atoms with Crippen LogP contribution in [-0.2, 0) is 6.54 Å². The highest BCUT2D eigenvalue weighted by Crippen LogP contribution is 2.22.